The Morgan fingerprint density at radius 1 is 1.47 bits per heavy atom. The molecule has 0 bridgehead atoms. The number of benzene rings is 1. The van der Waals surface area contributed by atoms with E-state index in [0.717, 1.165) is 23.4 Å². The lowest BCUT2D eigenvalue weighted by Gasteiger charge is -2.06. The number of Topliss-reactive ketones (excluding diaryl/α,β-unsaturated/α-hetero) is 1. The molecule has 0 saturated carbocycles. The molecule has 0 radical (unpaired) electrons. The van der Waals surface area contributed by atoms with Gasteiger partial charge in [-0.2, -0.15) is 5.10 Å². The quantitative estimate of drug-likeness (QED) is 0.842. The zero-order chi connectivity index (χ0) is 13.2. The van der Waals surface area contributed by atoms with E-state index < -0.39 is 0 Å². The number of hydrogen-bond acceptors (Lipinski definition) is 3. The molecule has 0 amide bonds. The van der Waals surface area contributed by atoms with E-state index in [0.29, 0.717) is 13.0 Å². The van der Waals surface area contributed by atoms with Crippen molar-refractivity contribution in [1.82, 2.24) is 9.78 Å². The Kier molecular flexibility index (Phi) is 3.07. The van der Waals surface area contributed by atoms with Crippen LogP contribution in [0, 0.1) is 0 Å². The highest BCUT2D eigenvalue weighted by Gasteiger charge is 2.29. The topological polar surface area (TPSA) is 44.1 Å². The third-order valence-corrected chi connectivity index (χ3v) is 3.48. The van der Waals surface area contributed by atoms with Gasteiger partial charge in [-0.1, -0.05) is 18.2 Å². The smallest absolute Gasteiger partial charge is 0.148 e. The first-order valence-electron chi connectivity index (χ1n) is 6.53. The highest BCUT2D eigenvalue weighted by atomic mass is 16.5. The normalized spacial score (nSPS) is 17.0. The minimum Gasteiger partial charge on any atom is -0.492 e. The fourth-order valence-corrected chi connectivity index (χ4v) is 2.42. The van der Waals surface area contributed by atoms with E-state index in [9.17, 15) is 4.79 Å². The molecular weight excluding hydrogens is 240 g/mol. The van der Waals surface area contributed by atoms with Crippen LogP contribution >= 0.6 is 0 Å². The molecule has 0 spiro atoms. The minimum absolute atomic E-state index is 0.138. The van der Waals surface area contributed by atoms with Gasteiger partial charge in [0, 0.05) is 24.7 Å². The van der Waals surface area contributed by atoms with Crippen LogP contribution in [0.2, 0.25) is 0 Å². The summed E-state index contributed by atoms with van der Waals surface area (Å²) in [6.45, 7) is 3.31. The standard InChI is InChI=1S/C15H16N2O2/c1-2-17-9-11(8-16-17)7-14(18)13-10-19-15-6-4-3-5-12(13)15/h3-6,8-9,13H,2,7,10H2,1H3. The third kappa shape index (κ3) is 2.26. The molecule has 1 aliphatic rings. The van der Waals surface area contributed by atoms with E-state index in [1.54, 1.807) is 6.20 Å². The van der Waals surface area contributed by atoms with E-state index in [1.165, 1.54) is 0 Å². The van der Waals surface area contributed by atoms with Gasteiger partial charge in [-0.3, -0.25) is 9.48 Å². The Labute approximate surface area is 112 Å². The number of carbonyl (C=O) groups is 1. The first-order chi connectivity index (χ1) is 9.28. The molecule has 0 aliphatic carbocycles. The van der Waals surface area contributed by atoms with Crippen LogP contribution in [-0.2, 0) is 17.8 Å². The summed E-state index contributed by atoms with van der Waals surface area (Å²) in [5, 5.41) is 4.19. The molecule has 98 valence electrons. The van der Waals surface area contributed by atoms with E-state index in [2.05, 4.69) is 5.10 Å². The van der Waals surface area contributed by atoms with Crippen LogP contribution in [-0.4, -0.2) is 22.2 Å². The zero-order valence-electron chi connectivity index (χ0n) is 10.9. The van der Waals surface area contributed by atoms with Gasteiger partial charge < -0.3 is 4.74 Å². The fourth-order valence-electron chi connectivity index (χ4n) is 2.42. The van der Waals surface area contributed by atoms with Gasteiger partial charge in [-0.05, 0) is 18.6 Å². The van der Waals surface area contributed by atoms with Crippen LogP contribution in [0.25, 0.3) is 0 Å². The van der Waals surface area contributed by atoms with Crippen LogP contribution in [0.3, 0.4) is 0 Å². The van der Waals surface area contributed by atoms with Crippen LogP contribution < -0.4 is 4.74 Å². The van der Waals surface area contributed by atoms with Gasteiger partial charge in [0.05, 0.1) is 12.1 Å². The Hall–Kier alpha value is -2.10. The number of ether oxygens (including phenoxy) is 1. The van der Waals surface area contributed by atoms with Gasteiger partial charge in [-0.25, -0.2) is 0 Å². The van der Waals surface area contributed by atoms with Crippen molar-refractivity contribution < 1.29 is 9.53 Å². The van der Waals surface area contributed by atoms with Gasteiger partial charge in [0.2, 0.25) is 0 Å². The van der Waals surface area contributed by atoms with Crippen molar-refractivity contribution in [3.8, 4) is 5.75 Å². The van der Waals surface area contributed by atoms with Crippen LogP contribution in [0.15, 0.2) is 36.7 Å². The highest BCUT2D eigenvalue weighted by molar-refractivity contribution is 5.89. The van der Waals surface area contributed by atoms with Crippen molar-refractivity contribution in [3.05, 3.63) is 47.8 Å². The van der Waals surface area contributed by atoms with E-state index in [4.69, 9.17) is 4.74 Å². The number of carbonyl (C=O) groups excluding carboxylic acids is 1. The van der Waals surface area contributed by atoms with Crippen molar-refractivity contribution >= 4 is 5.78 Å². The van der Waals surface area contributed by atoms with Gasteiger partial charge in [-0.15, -0.1) is 0 Å². The van der Waals surface area contributed by atoms with Crippen molar-refractivity contribution in [3.63, 3.8) is 0 Å². The van der Waals surface area contributed by atoms with Gasteiger partial charge in [0.15, 0.2) is 0 Å². The first kappa shape index (κ1) is 12.0. The lowest BCUT2D eigenvalue weighted by molar-refractivity contribution is -0.120. The summed E-state index contributed by atoms with van der Waals surface area (Å²) in [5.41, 5.74) is 1.98. The van der Waals surface area contributed by atoms with Crippen LogP contribution in [0.1, 0.15) is 24.0 Å². The molecule has 19 heavy (non-hydrogen) atoms. The summed E-state index contributed by atoms with van der Waals surface area (Å²) in [7, 11) is 0. The number of ketones is 1. The Balaban J connectivity index is 1.75. The monoisotopic (exact) mass is 256 g/mol. The first-order valence-corrected chi connectivity index (χ1v) is 6.53. The van der Waals surface area contributed by atoms with Crippen molar-refractivity contribution in [1.29, 1.82) is 0 Å². The molecule has 0 saturated heterocycles. The molecule has 0 fully saturated rings. The average molecular weight is 256 g/mol. The zero-order valence-corrected chi connectivity index (χ0v) is 10.9. The summed E-state index contributed by atoms with van der Waals surface area (Å²) in [6.07, 6.45) is 4.12. The molecular formula is C15H16N2O2. The van der Waals surface area contributed by atoms with E-state index in [1.807, 2.05) is 42.1 Å². The molecule has 2 heterocycles. The SMILES string of the molecule is CCn1cc(CC(=O)C2COc3ccccc32)cn1. The highest BCUT2D eigenvalue weighted by Crippen LogP contribution is 2.34. The molecule has 1 aromatic heterocycles. The number of rotatable bonds is 4. The summed E-state index contributed by atoms with van der Waals surface area (Å²) in [5.74, 6) is 0.895. The number of para-hydroxylation sites is 1. The largest absolute Gasteiger partial charge is 0.492 e. The number of hydrogen-bond donors (Lipinski definition) is 0. The maximum Gasteiger partial charge on any atom is 0.148 e. The molecule has 1 aromatic carbocycles. The number of aryl methyl sites for hydroxylation is 1. The predicted octanol–water partition coefficient (Wildman–Crippen LogP) is 2.19. The summed E-state index contributed by atoms with van der Waals surface area (Å²) in [4.78, 5) is 12.4. The molecule has 1 aliphatic heterocycles. The minimum atomic E-state index is -0.138. The third-order valence-electron chi connectivity index (χ3n) is 3.48. The summed E-state index contributed by atoms with van der Waals surface area (Å²) < 4.78 is 7.39. The second kappa shape index (κ2) is 4.88. The Morgan fingerprint density at radius 2 is 2.32 bits per heavy atom. The van der Waals surface area contributed by atoms with Crippen molar-refractivity contribution in [2.24, 2.45) is 0 Å². The average Bonchev–Trinajstić information content (AvgIpc) is 3.04. The Bertz CT molecular complexity index is 604. The van der Waals surface area contributed by atoms with Crippen molar-refractivity contribution in [2.75, 3.05) is 6.61 Å². The van der Waals surface area contributed by atoms with Crippen LogP contribution in [0.5, 0.6) is 5.75 Å². The van der Waals surface area contributed by atoms with Gasteiger partial charge in [0.25, 0.3) is 0 Å². The summed E-state index contributed by atoms with van der Waals surface area (Å²) >= 11 is 0. The van der Waals surface area contributed by atoms with Gasteiger partial charge in [0.1, 0.15) is 18.1 Å². The molecule has 3 rings (SSSR count). The number of aromatic nitrogens is 2. The molecule has 4 heteroatoms. The predicted molar refractivity (Wildman–Crippen MR) is 71.3 cm³/mol. The number of nitrogens with zero attached hydrogens (tertiary/aromatic N) is 2. The lowest BCUT2D eigenvalue weighted by Crippen LogP contribution is -2.16. The maximum absolute atomic E-state index is 12.4. The van der Waals surface area contributed by atoms with Gasteiger partial charge >= 0.3 is 0 Å². The van der Waals surface area contributed by atoms with E-state index in [-0.39, 0.29) is 11.7 Å². The molecule has 2 aromatic rings. The number of fused-ring (bicyclic) bond motifs is 1. The summed E-state index contributed by atoms with van der Waals surface area (Å²) in [6, 6.07) is 7.76. The lowest BCUT2D eigenvalue weighted by atomic mass is 9.93. The molecule has 1 unspecified atom stereocenters. The second-order valence-electron chi connectivity index (χ2n) is 4.75. The fraction of sp³-hybridized carbons (Fsp3) is 0.333. The van der Waals surface area contributed by atoms with Crippen molar-refractivity contribution in [2.45, 2.75) is 25.8 Å². The molecule has 0 N–H and O–H groups in total. The van der Waals surface area contributed by atoms with Crippen LogP contribution in [0.4, 0.5) is 0 Å². The second-order valence-corrected chi connectivity index (χ2v) is 4.75. The van der Waals surface area contributed by atoms with E-state index >= 15 is 0 Å². The molecule has 4 nitrogen and oxygen atoms in total. The molecule has 1 atom stereocenters. The Morgan fingerprint density at radius 3 is 3.11 bits per heavy atom. The maximum atomic E-state index is 12.4.